The van der Waals surface area contributed by atoms with Gasteiger partial charge in [-0.1, -0.05) is 59.6 Å². The average molecular weight is 347 g/mol. The summed E-state index contributed by atoms with van der Waals surface area (Å²) >= 11 is 11.9. The highest BCUT2D eigenvalue weighted by atomic mass is 35.5. The average Bonchev–Trinajstić information content (AvgIpc) is 2.55. The first-order valence-electron chi connectivity index (χ1n) is 7.00. The van der Waals surface area contributed by atoms with Crippen molar-refractivity contribution in [3.8, 4) is 0 Å². The summed E-state index contributed by atoms with van der Waals surface area (Å²) in [7, 11) is 0. The van der Waals surface area contributed by atoms with E-state index in [4.69, 9.17) is 23.2 Å². The number of hydrogen-bond donors (Lipinski definition) is 1. The number of halogens is 3. The van der Waals surface area contributed by atoms with Crippen LogP contribution >= 0.6 is 23.2 Å². The fourth-order valence-corrected chi connectivity index (χ4v) is 2.85. The van der Waals surface area contributed by atoms with Crippen LogP contribution in [0.5, 0.6) is 0 Å². The number of benzene rings is 3. The molecule has 23 heavy (non-hydrogen) atoms. The van der Waals surface area contributed by atoms with Gasteiger partial charge < -0.3 is 5.11 Å². The van der Waals surface area contributed by atoms with Crippen LogP contribution in [0.1, 0.15) is 16.7 Å². The van der Waals surface area contributed by atoms with Gasteiger partial charge in [0.1, 0.15) is 11.4 Å². The van der Waals surface area contributed by atoms with E-state index in [2.05, 4.69) is 0 Å². The highest BCUT2D eigenvalue weighted by molar-refractivity contribution is 6.30. The van der Waals surface area contributed by atoms with Crippen LogP contribution in [-0.4, -0.2) is 5.11 Å². The van der Waals surface area contributed by atoms with E-state index < -0.39 is 11.4 Å². The monoisotopic (exact) mass is 346 g/mol. The zero-order chi connectivity index (χ0) is 16.4. The maximum atomic E-state index is 13.7. The molecule has 0 saturated carbocycles. The van der Waals surface area contributed by atoms with Crippen molar-refractivity contribution in [2.45, 2.75) is 5.60 Å². The van der Waals surface area contributed by atoms with Gasteiger partial charge in [0.25, 0.3) is 0 Å². The van der Waals surface area contributed by atoms with Crippen LogP contribution in [0.2, 0.25) is 10.0 Å². The van der Waals surface area contributed by atoms with Crippen molar-refractivity contribution in [3.63, 3.8) is 0 Å². The van der Waals surface area contributed by atoms with E-state index in [1.54, 1.807) is 60.7 Å². The van der Waals surface area contributed by atoms with Gasteiger partial charge in [0.2, 0.25) is 0 Å². The SMILES string of the molecule is OC(c1ccc(Cl)cc1)(c1ccc(Cl)cc1)c1cccc(F)c1. The lowest BCUT2D eigenvalue weighted by Gasteiger charge is -2.30. The molecule has 0 heterocycles. The molecule has 3 aromatic rings. The van der Waals surface area contributed by atoms with Crippen LogP contribution in [0.25, 0.3) is 0 Å². The number of aliphatic hydroxyl groups is 1. The summed E-state index contributed by atoms with van der Waals surface area (Å²) < 4.78 is 13.7. The minimum atomic E-state index is -1.50. The van der Waals surface area contributed by atoms with Gasteiger partial charge in [-0.25, -0.2) is 4.39 Å². The summed E-state index contributed by atoms with van der Waals surface area (Å²) in [5.41, 5.74) is 0.115. The molecule has 116 valence electrons. The molecule has 0 atom stereocenters. The second-order valence-electron chi connectivity index (χ2n) is 5.23. The molecule has 1 nitrogen and oxygen atoms in total. The minimum Gasteiger partial charge on any atom is -0.376 e. The second kappa shape index (κ2) is 6.32. The Morgan fingerprint density at radius 2 is 1.17 bits per heavy atom. The second-order valence-corrected chi connectivity index (χ2v) is 6.11. The lowest BCUT2D eigenvalue weighted by Crippen LogP contribution is -2.28. The molecule has 0 bridgehead atoms. The normalized spacial score (nSPS) is 11.5. The first-order chi connectivity index (χ1) is 11.0. The Balaban J connectivity index is 2.24. The topological polar surface area (TPSA) is 20.2 Å². The predicted molar refractivity (Wildman–Crippen MR) is 91.4 cm³/mol. The zero-order valence-electron chi connectivity index (χ0n) is 12.0. The Bertz CT molecular complexity index is 768. The smallest absolute Gasteiger partial charge is 0.140 e. The Morgan fingerprint density at radius 3 is 1.61 bits per heavy atom. The molecule has 0 saturated heterocycles. The molecule has 0 aliphatic heterocycles. The van der Waals surface area contributed by atoms with Crippen molar-refractivity contribution in [1.29, 1.82) is 0 Å². The number of hydrogen-bond acceptors (Lipinski definition) is 1. The van der Waals surface area contributed by atoms with Crippen LogP contribution in [0.15, 0.2) is 72.8 Å². The van der Waals surface area contributed by atoms with E-state index in [1.807, 2.05) is 0 Å². The fraction of sp³-hybridized carbons (Fsp3) is 0.0526. The van der Waals surface area contributed by atoms with E-state index in [-0.39, 0.29) is 0 Å². The minimum absolute atomic E-state index is 0.413. The molecular weight excluding hydrogens is 334 g/mol. The predicted octanol–water partition coefficient (Wildman–Crippen LogP) is 5.42. The Morgan fingerprint density at radius 1 is 0.696 bits per heavy atom. The van der Waals surface area contributed by atoms with Crippen LogP contribution in [0.3, 0.4) is 0 Å². The zero-order valence-corrected chi connectivity index (χ0v) is 13.5. The van der Waals surface area contributed by atoms with Crippen LogP contribution in [0, 0.1) is 5.82 Å². The molecule has 0 aromatic heterocycles. The fourth-order valence-electron chi connectivity index (χ4n) is 2.60. The van der Waals surface area contributed by atoms with E-state index in [1.165, 1.54) is 12.1 Å². The van der Waals surface area contributed by atoms with Crippen LogP contribution in [-0.2, 0) is 5.60 Å². The Hall–Kier alpha value is -1.87. The Kier molecular flexibility index (Phi) is 4.40. The maximum absolute atomic E-state index is 13.7. The maximum Gasteiger partial charge on any atom is 0.140 e. The molecule has 0 amide bonds. The van der Waals surface area contributed by atoms with Gasteiger partial charge >= 0.3 is 0 Å². The molecule has 3 rings (SSSR count). The third-order valence-electron chi connectivity index (χ3n) is 3.77. The van der Waals surface area contributed by atoms with E-state index in [0.29, 0.717) is 26.7 Å². The van der Waals surface area contributed by atoms with Crippen molar-refractivity contribution >= 4 is 23.2 Å². The number of rotatable bonds is 3. The largest absolute Gasteiger partial charge is 0.376 e. The molecule has 0 radical (unpaired) electrons. The van der Waals surface area contributed by atoms with Crippen LogP contribution < -0.4 is 0 Å². The lowest BCUT2D eigenvalue weighted by atomic mass is 9.80. The van der Waals surface area contributed by atoms with Crippen molar-refractivity contribution in [2.75, 3.05) is 0 Å². The standard InChI is InChI=1S/C19H13Cl2FO/c20-16-8-4-13(5-9-16)19(23,14-6-10-17(21)11-7-14)15-2-1-3-18(22)12-15/h1-12,23H. The molecule has 0 spiro atoms. The third-order valence-corrected chi connectivity index (χ3v) is 4.27. The van der Waals surface area contributed by atoms with E-state index >= 15 is 0 Å². The molecule has 0 aliphatic carbocycles. The van der Waals surface area contributed by atoms with E-state index in [0.717, 1.165) is 0 Å². The van der Waals surface area contributed by atoms with Gasteiger partial charge in [-0.3, -0.25) is 0 Å². The molecular formula is C19H13Cl2FO. The van der Waals surface area contributed by atoms with Gasteiger partial charge in [0, 0.05) is 10.0 Å². The lowest BCUT2D eigenvalue weighted by molar-refractivity contribution is 0.125. The highest BCUT2D eigenvalue weighted by Gasteiger charge is 2.34. The first-order valence-corrected chi connectivity index (χ1v) is 7.76. The summed E-state index contributed by atoms with van der Waals surface area (Å²) in [5, 5.41) is 12.6. The summed E-state index contributed by atoms with van der Waals surface area (Å²) in [4.78, 5) is 0. The van der Waals surface area contributed by atoms with Crippen LogP contribution in [0.4, 0.5) is 4.39 Å². The summed E-state index contributed by atoms with van der Waals surface area (Å²) in [6, 6.07) is 19.6. The molecule has 3 aromatic carbocycles. The van der Waals surface area contributed by atoms with Gasteiger partial charge in [-0.05, 0) is 53.1 Å². The molecule has 1 N–H and O–H groups in total. The summed E-state index contributed by atoms with van der Waals surface area (Å²) in [6.07, 6.45) is 0. The van der Waals surface area contributed by atoms with Gasteiger partial charge in [-0.15, -0.1) is 0 Å². The first kappa shape index (κ1) is 16.0. The third kappa shape index (κ3) is 3.11. The van der Waals surface area contributed by atoms with Crippen molar-refractivity contribution in [3.05, 3.63) is 105 Å². The van der Waals surface area contributed by atoms with Gasteiger partial charge in [0.05, 0.1) is 0 Å². The van der Waals surface area contributed by atoms with E-state index in [9.17, 15) is 9.50 Å². The Labute approximate surface area is 143 Å². The molecule has 0 fully saturated rings. The van der Waals surface area contributed by atoms with Crippen molar-refractivity contribution in [1.82, 2.24) is 0 Å². The molecule has 0 aliphatic rings. The van der Waals surface area contributed by atoms with Gasteiger partial charge in [-0.2, -0.15) is 0 Å². The highest BCUT2D eigenvalue weighted by Crippen LogP contribution is 2.37. The quantitative estimate of drug-likeness (QED) is 0.628. The van der Waals surface area contributed by atoms with Gasteiger partial charge in [0.15, 0.2) is 0 Å². The van der Waals surface area contributed by atoms with Crippen molar-refractivity contribution in [2.24, 2.45) is 0 Å². The van der Waals surface area contributed by atoms with Crippen molar-refractivity contribution < 1.29 is 9.50 Å². The summed E-state index contributed by atoms with van der Waals surface area (Å²) in [5.74, 6) is -0.413. The molecule has 0 unspecified atom stereocenters. The molecule has 4 heteroatoms. The summed E-state index contributed by atoms with van der Waals surface area (Å²) in [6.45, 7) is 0.